The van der Waals surface area contributed by atoms with Crippen molar-refractivity contribution in [2.75, 3.05) is 12.9 Å². The van der Waals surface area contributed by atoms with Gasteiger partial charge in [0.15, 0.2) is 10.8 Å². The first-order valence-corrected chi connectivity index (χ1v) is 9.58. The Bertz CT molecular complexity index is 905. The Morgan fingerprint density at radius 3 is 2.77 bits per heavy atom. The number of pyridine rings is 1. The largest absolute Gasteiger partial charge is 0.497 e. The molecule has 0 radical (unpaired) electrons. The number of amides is 1. The van der Waals surface area contributed by atoms with Crippen molar-refractivity contribution in [1.29, 1.82) is 0 Å². The molecule has 0 aliphatic heterocycles. The second-order valence-electron chi connectivity index (χ2n) is 6.30. The Morgan fingerprint density at radius 2 is 2.04 bits per heavy atom. The van der Waals surface area contributed by atoms with E-state index in [4.69, 9.17) is 4.74 Å². The number of ether oxygens (including phenoxy) is 1. The molecule has 1 saturated carbocycles. The summed E-state index contributed by atoms with van der Waals surface area (Å²) in [6.07, 6.45) is 4.08. The van der Waals surface area contributed by atoms with Crippen molar-refractivity contribution in [3.8, 4) is 5.75 Å². The van der Waals surface area contributed by atoms with Crippen LogP contribution in [-0.2, 0) is 11.3 Å². The minimum Gasteiger partial charge on any atom is -0.497 e. The average Bonchev–Trinajstić information content (AvgIpc) is 3.44. The summed E-state index contributed by atoms with van der Waals surface area (Å²) in [7, 11) is 1.65. The molecule has 0 spiro atoms. The summed E-state index contributed by atoms with van der Waals surface area (Å²) in [5.41, 5.74) is 1.91. The van der Waals surface area contributed by atoms with E-state index in [0.29, 0.717) is 18.3 Å². The number of fused-ring (bicyclic) bond motifs is 1. The number of hydrogen-bond acceptors (Lipinski definition) is 5. The normalized spacial score (nSPS) is 13.7. The quantitative estimate of drug-likeness (QED) is 0.600. The van der Waals surface area contributed by atoms with E-state index in [-0.39, 0.29) is 5.91 Å². The lowest BCUT2D eigenvalue weighted by molar-refractivity contribution is -0.129. The van der Waals surface area contributed by atoms with Gasteiger partial charge in [0.05, 0.1) is 12.9 Å². The lowest BCUT2D eigenvalue weighted by Gasteiger charge is -2.22. The van der Waals surface area contributed by atoms with Gasteiger partial charge in [-0.05, 0) is 42.7 Å². The highest BCUT2D eigenvalue weighted by Crippen LogP contribution is 2.30. The van der Waals surface area contributed by atoms with Crippen molar-refractivity contribution >= 4 is 23.3 Å². The van der Waals surface area contributed by atoms with E-state index in [1.54, 1.807) is 7.11 Å². The molecule has 7 heteroatoms. The molecule has 1 fully saturated rings. The first-order chi connectivity index (χ1) is 12.7. The molecule has 4 rings (SSSR count). The number of thioether (sulfide) groups is 1. The molecule has 6 nitrogen and oxygen atoms in total. The van der Waals surface area contributed by atoms with Crippen LogP contribution in [0.2, 0.25) is 0 Å². The topological polar surface area (TPSA) is 59.7 Å². The standard InChI is InChI=1S/C19H20N4O2S/c1-25-16-9-5-14(6-10-16)12-23(15-7-8-15)18(24)13-26-19-21-20-17-4-2-3-11-22(17)19/h2-6,9-11,15H,7-8,12-13H2,1H3. The molecule has 1 aliphatic rings. The fraction of sp³-hybridized carbons (Fsp3) is 0.316. The van der Waals surface area contributed by atoms with E-state index in [1.807, 2.05) is 58.0 Å². The summed E-state index contributed by atoms with van der Waals surface area (Å²) < 4.78 is 7.10. The van der Waals surface area contributed by atoms with Gasteiger partial charge in [0.2, 0.25) is 5.91 Å². The monoisotopic (exact) mass is 368 g/mol. The lowest BCUT2D eigenvalue weighted by Crippen LogP contribution is -2.34. The molecule has 1 amide bonds. The van der Waals surface area contributed by atoms with E-state index in [9.17, 15) is 4.79 Å². The van der Waals surface area contributed by atoms with Crippen LogP contribution in [-0.4, -0.2) is 44.3 Å². The summed E-state index contributed by atoms with van der Waals surface area (Å²) in [5.74, 6) is 1.33. The van der Waals surface area contributed by atoms with Gasteiger partial charge in [-0.25, -0.2) is 0 Å². The fourth-order valence-corrected chi connectivity index (χ4v) is 3.67. The van der Waals surface area contributed by atoms with E-state index in [1.165, 1.54) is 11.8 Å². The number of carbonyl (C=O) groups is 1. The third-order valence-electron chi connectivity index (χ3n) is 4.43. The molecule has 0 N–H and O–H groups in total. The molecule has 0 atom stereocenters. The molecule has 3 aromatic rings. The van der Waals surface area contributed by atoms with Gasteiger partial charge in [-0.1, -0.05) is 30.0 Å². The molecule has 0 unspecified atom stereocenters. The number of hydrogen-bond donors (Lipinski definition) is 0. The maximum Gasteiger partial charge on any atom is 0.233 e. The van der Waals surface area contributed by atoms with Crippen molar-refractivity contribution in [3.63, 3.8) is 0 Å². The van der Waals surface area contributed by atoms with Crippen LogP contribution in [0, 0.1) is 0 Å². The summed E-state index contributed by atoms with van der Waals surface area (Å²) in [5, 5.41) is 9.05. The molecule has 134 valence electrons. The Labute approximate surface area is 156 Å². The molecule has 1 aliphatic carbocycles. The Kier molecular flexibility index (Phi) is 4.79. The number of carbonyl (C=O) groups excluding carboxylic acids is 1. The van der Waals surface area contributed by atoms with Crippen LogP contribution in [0.15, 0.2) is 53.8 Å². The number of benzene rings is 1. The summed E-state index contributed by atoms with van der Waals surface area (Å²) in [4.78, 5) is 14.8. The second kappa shape index (κ2) is 7.37. The smallest absolute Gasteiger partial charge is 0.233 e. The van der Waals surface area contributed by atoms with Crippen LogP contribution >= 0.6 is 11.8 Å². The molecule has 2 heterocycles. The van der Waals surface area contributed by atoms with E-state index in [2.05, 4.69) is 10.2 Å². The SMILES string of the molecule is COc1ccc(CN(C(=O)CSc2nnc3ccccn23)C2CC2)cc1. The molecule has 0 saturated heterocycles. The van der Waals surface area contributed by atoms with Crippen molar-refractivity contribution in [3.05, 3.63) is 54.2 Å². The van der Waals surface area contributed by atoms with E-state index < -0.39 is 0 Å². The van der Waals surface area contributed by atoms with Gasteiger partial charge in [-0.3, -0.25) is 9.20 Å². The zero-order valence-corrected chi connectivity index (χ0v) is 15.4. The molecule has 1 aromatic carbocycles. The van der Waals surface area contributed by atoms with Gasteiger partial charge in [0, 0.05) is 18.8 Å². The first-order valence-electron chi connectivity index (χ1n) is 8.59. The van der Waals surface area contributed by atoms with Crippen LogP contribution in [0.1, 0.15) is 18.4 Å². The zero-order chi connectivity index (χ0) is 17.9. The second-order valence-corrected chi connectivity index (χ2v) is 7.24. The maximum atomic E-state index is 12.8. The zero-order valence-electron chi connectivity index (χ0n) is 14.5. The minimum atomic E-state index is 0.140. The highest BCUT2D eigenvalue weighted by atomic mass is 32.2. The van der Waals surface area contributed by atoms with Gasteiger partial charge in [0.25, 0.3) is 0 Å². The summed E-state index contributed by atoms with van der Waals surface area (Å²) >= 11 is 1.43. The van der Waals surface area contributed by atoms with Crippen LogP contribution < -0.4 is 4.74 Å². The van der Waals surface area contributed by atoms with Crippen molar-refractivity contribution < 1.29 is 9.53 Å². The van der Waals surface area contributed by atoms with Gasteiger partial charge >= 0.3 is 0 Å². The maximum absolute atomic E-state index is 12.8. The number of nitrogens with zero attached hydrogens (tertiary/aromatic N) is 4. The lowest BCUT2D eigenvalue weighted by atomic mass is 10.2. The van der Waals surface area contributed by atoms with Crippen LogP contribution in [0.4, 0.5) is 0 Å². The fourth-order valence-electron chi connectivity index (χ4n) is 2.86. The Balaban J connectivity index is 1.42. The number of methoxy groups -OCH3 is 1. The van der Waals surface area contributed by atoms with Crippen molar-refractivity contribution in [1.82, 2.24) is 19.5 Å². The number of aromatic nitrogens is 3. The third kappa shape index (κ3) is 3.67. The van der Waals surface area contributed by atoms with Crippen LogP contribution in [0.5, 0.6) is 5.75 Å². The van der Waals surface area contributed by atoms with Gasteiger partial charge in [-0.15, -0.1) is 10.2 Å². The average molecular weight is 368 g/mol. The molecule has 26 heavy (non-hydrogen) atoms. The molecule has 0 bridgehead atoms. The molecular weight excluding hydrogens is 348 g/mol. The van der Waals surface area contributed by atoms with Crippen molar-refractivity contribution in [2.45, 2.75) is 30.6 Å². The van der Waals surface area contributed by atoms with E-state index >= 15 is 0 Å². The first kappa shape index (κ1) is 16.9. The van der Waals surface area contributed by atoms with Gasteiger partial charge in [-0.2, -0.15) is 0 Å². The van der Waals surface area contributed by atoms with Crippen LogP contribution in [0.25, 0.3) is 5.65 Å². The molecule has 2 aromatic heterocycles. The van der Waals surface area contributed by atoms with Crippen LogP contribution in [0.3, 0.4) is 0 Å². The third-order valence-corrected chi connectivity index (χ3v) is 5.35. The van der Waals surface area contributed by atoms with Crippen molar-refractivity contribution in [2.24, 2.45) is 0 Å². The number of rotatable bonds is 7. The van der Waals surface area contributed by atoms with Gasteiger partial charge in [0.1, 0.15) is 5.75 Å². The highest BCUT2D eigenvalue weighted by molar-refractivity contribution is 7.99. The Hall–Kier alpha value is -2.54. The predicted octanol–water partition coefficient (Wildman–Crippen LogP) is 3.02. The predicted molar refractivity (Wildman–Crippen MR) is 100 cm³/mol. The summed E-state index contributed by atoms with van der Waals surface area (Å²) in [6, 6.07) is 14.0. The molecular formula is C19H20N4O2S. The Morgan fingerprint density at radius 1 is 1.23 bits per heavy atom. The minimum absolute atomic E-state index is 0.140. The highest BCUT2D eigenvalue weighted by Gasteiger charge is 2.32. The summed E-state index contributed by atoms with van der Waals surface area (Å²) in [6.45, 7) is 0.634. The van der Waals surface area contributed by atoms with Gasteiger partial charge < -0.3 is 9.64 Å². The van der Waals surface area contributed by atoms with E-state index in [0.717, 1.165) is 35.0 Å².